The number of hydrogen-bond donors (Lipinski definition) is 5. The fraction of sp³-hybridized carbons (Fsp3) is 0.511. The van der Waals surface area contributed by atoms with E-state index in [1.165, 1.54) is 18.5 Å². The second-order valence-corrected chi connectivity index (χ2v) is 20.7. The Hall–Kier alpha value is -5.55. The summed E-state index contributed by atoms with van der Waals surface area (Å²) in [7, 11) is -0.932. The first-order chi connectivity index (χ1) is 33.6. The summed E-state index contributed by atoms with van der Waals surface area (Å²) in [6.45, 7) is 1.73. The van der Waals surface area contributed by atoms with Gasteiger partial charge in [0.1, 0.15) is 10.7 Å². The van der Waals surface area contributed by atoms with Gasteiger partial charge in [-0.15, -0.1) is 11.3 Å². The summed E-state index contributed by atoms with van der Waals surface area (Å²) < 4.78 is 69.5. The standard InChI is InChI=1S/C47H59ClF2N10O8S2/c1-59(39-26-41(50)55-28-38(39)57-37-25-36(49)40(24-35(37)48)70(65,66)58-47-54-18-22-69-47)19-16-52-45(63)29-7-9-31(10-8-29)56-42(61)6-4-20-67-32-11-13-33(14-12-32)68-21-17-53-46(64)34-23-43(62)60(2)44(34)30-5-3-15-51-27-30/h3,5,15,18,22,24-29,31-34,44,57H,4,6-14,16-17,19-21,23H2,1-2H3,(H,52,63)(H,53,64)(H,54,58)(H,56,61)/t29?,31?,32?,33?,34-,44+/m0/s1. The number of rotatable bonds is 22. The number of anilines is 4. The number of aromatic nitrogens is 3. The zero-order valence-electron chi connectivity index (χ0n) is 39.0. The van der Waals surface area contributed by atoms with Crippen LogP contribution in [0.3, 0.4) is 0 Å². The average molecular weight is 1030 g/mol. The quantitative estimate of drug-likeness (QED) is 0.0444. The Bertz CT molecular complexity index is 2540. The van der Waals surface area contributed by atoms with Gasteiger partial charge in [0.2, 0.25) is 29.6 Å². The van der Waals surface area contributed by atoms with Crippen molar-refractivity contribution in [3.63, 3.8) is 0 Å². The van der Waals surface area contributed by atoms with Crippen molar-refractivity contribution in [2.24, 2.45) is 11.8 Å². The molecule has 70 heavy (non-hydrogen) atoms. The molecule has 2 saturated carbocycles. The maximum Gasteiger partial charge on any atom is 0.266 e. The minimum atomic E-state index is -4.33. The van der Waals surface area contributed by atoms with E-state index in [9.17, 15) is 32.0 Å². The van der Waals surface area contributed by atoms with Gasteiger partial charge >= 0.3 is 0 Å². The van der Waals surface area contributed by atoms with Gasteiger partial charge in [0.05, 0.1) is 59.1 Å². The summed E-state index contributed by atoms with van der Waals surface area (Å²) in [5.41, 5.74) is 1.45. The molecule has 3 aliphatic rings. The van der Waals surface area contributed by atoms with Gasteiger partial charge < -0.3 is 40.5 Å². The zero-order valence-corrected chi connectivity index (χ0v) is 41.4. The van der Waals surface area contributed by atoms with Crippen molar-refractivity contribution >= 4 is 78.8 Å². The number of nitrogens with one attached hydrogen (secondary N) is 5. The molecule has 0 spiro atoms. The van der Waals surface area contributed by atoms with E-state index in [2.05, 4.69) is 40.9 Å². The highest BCUT2D eigenvalue weighted by atomic mass is 35.5. The smallest absolute Gasteiger partial charge is 0.266 e. The number of nitrogens with zero attached hydrogens (tertiary/aromatic N) is 5. The molecule has 4 amide bonds. The van der Waals surface area contributed by atoms with Crippen molar-refractivity contribution in [3.8, 4) is 0 Å². The number of carbonyl (C=O) groups excluding carboxylic acids is 4. The second kappa shape index (κ2) is 24.5. The van der Waals surface area contributed by atoms with Gasteiger partial charge in [-0.3, -0.25) is 28.9 Å². The molecule has 0 radical (unpaired) electrons. The van der Waals surface area contributed by atoms with E-state index in [4.69, 9.17) is 21.1 Å². The summed E-state index contributed by atoms with van der Waals surface area (Å²) >= 11 is 7.42. The van der Waals surface area contributed by atoms with Gasteiger partial charge in [0.25, 0.3) is 10.0 Å². The summed E-state index contributed by atoms with van der Waals surface area (Å²) in [6.07, 6.45) is 13.2. The van der Waals surface area contributed by atoms with Crippen molar-refractivity contribution in [2.75, 3.05) is 61.9 Å². The topological polar surface area (TPSA) is 226 Å². The van der Waals surface area contributed by atoms with Crippen LogP contribution >= 0.6 is 22.9 Å². The minimum absolute atomic E-state index is 0.0140. The number of likely N-dealkylation sites (N-methyl/N-ethyl adjacent to an activating group) is 1. The lowest BCUT2D eigenvalue weighted by Gasteiger charge is -2.29. The maximum absolute atomic E-state index is 15.2. The normalized spacial score (nSPS) is 21.5. The molecule has 4 heterocycles. The highest BCUT2D eigenvalue weighted by molar-refractivity contribution is 7.93. The van der Waals surface area contributed by atoms with Gasteiger partial charge in [0, 0.05) is 101 Å². The van der Waals surface area contributed by atoms with Gasteiger partial charge in [-0.25, -0.2) is 22.8 Å². The van der Waals surface area contributed by atoms with Gasteiger partial charge in [0.15, 0.2) is 5.13 Å². The Kier molecular flexibility index (Phi) is 18.3. The Balaban J connectivity index is 0.738. The molecule has 7 rings (SSSR count). The number of likely N-dealkylation sites (tertiary alicyclic amines) is 1. The fourth-order valence-corrected chi connectivity index (χ4v) is 11.3. The lowest BCUT2D eigenvalue weighted by atomic mass is 9.85. The van der Waals surface area contributed by atoms with E-state index < -0.39 is 32.6 Å². The number of amides is 4. The minimum Gasteiger partial charge on any atom is -0.378 e. The zero-order chi connectivity index (χ0) is 49.8. The number of halogens is 3. The number of thiazole rings is 1. The van der Waals surface area contributed by atoms with Crippen LogP contribution in [-0.4, -0.2) is 117 Å². The number of carbonyl (C=O) groups is 4. The third-order valence-electron chi connectivity index (χ3n) is 12.9. The molecule has 0 bridgehead atoms. The van der Waals surface area contributed by atoms with Crippen LogP contribution in [0.1, 0.15) is 82.2 Å². The molecule has 3 fully saturated rings. The molecule has 1 aromatic carbocycles. The first-order valence-electron chi connectivity index (χ1n) is 23.4. The summed E-state index contributed by atoms with van der Waals surface area (Å²) in [5, 5.41) is 13.4. The largest absolute Gasteiger partial charge is 0.378 e. The molecule has 1 saturated heterocycles. The molecule has 3 aromatic heterocycles. The monoisotopic (exact) mass is 1030 g/mol. The third-order valence-corrected chi connectivity index (χ3v) is 15.4. The molecule has 1 aliphatic heterocycles. The lowest BCUT2D eigenvalue weighted by molar-refractivity contribution is -0.128. The second-order valence-electron chi connectivity index (χ2n) is 17.8. The van der Waals surface area contributed by atoms with Crippen molar-refractivity contribution in [2.45, 2.75) is 99.8 Å². The number of ether oxygens (including phenoxy) is 2. The van der Waals surface area contributed by atoms with Crippen molar-refractivity contribution in [1.29, 1.82) is 0 Å². The predicted molar refractivity (Wildman–Crippen MR) is 260 cm³/mol. The Labute approximate surface area is 415 Å². The van der Waals surface area contributed by atoms with Crippen LogP contribution in [0, 0.1) is 23.6 Å². The van der Waals surface area contributed by atoms with E-state index in [1.54, 1.807) is 47.7 Å². The molecule has 0 unspecified atom stereocenters. The third kappa shape index (κ3) is 14.1. The van der Waals surface area contributed by atoms with E-state index >= 15 is 4.39 Å². The molecule has 23 heteroatoms. The van der Waals surface area contributed by atoms with Crippen LogP contribution in [0.5, 0.6) is 0 Å². The summed E-state index contributed by atoms with van der Waals surface area (Å²) in [5.74, 6) is -2.94. The van der Waals surface area contributed by atoms with Crippen LogP contribution < -0.4 is 30.9 Å². The summed E-state index contributed by atoms with van der Waals surface area (Å²) in [4.78, 5) is 65.7. The van der Waals surface area contributed by atoms with E-state index in [0.29, 0.717) is 64.0 Å². The number of benzene rings is 1. The molecule has 378 valence electrons. The first kappa shape index (κ1) is 52.3. The number of sulfonamides is 1. The van der Waals surface area contributed by atoms with Crippen LogP contribution in [0.2, 0.25) is 5.02 Å². The van der Waals surface area contributed by atoms with Crippen LogP contribution in [0.15, 0.2) is 65.4 Å². The predicted octanol–water partition coefficient (Wildman–Crippen LogP) is 6.10. The maximum atomic E-state index is 15.2. The molecule has 2 aliphatic carbocycles. The molecular weight excluding hydrogens is 970 g/mol. The molecule has 2 atom stereocenters. The SMILES string of the molecule is CN(CCNC(=O)C1CCC(NC(=O)CCCOC2CCC(OCCNC(=O)[C@H]3CC(=O)N(C)[C@@H]3c3cccnc3)CC2)CC1)c1cc(F)ncc1Nc1cc(F)c(S(=O)(=O)Nc2nccs2)cc1Cl. The average Bonchev–Trinajstić information content (AvgIpc) is 3.97. The van der Waals surface area contributed by atoms with E-state index in [-0.39, 0.29) is 94.9 Å². The molecule has 4 aromatic rings. The fourth-order valence-electron chi connectivity index (χ4n) is 9.15. The van der Waals surface area contributed by atoms with Gasteiger partial charge in [-0.1, -0.05) is 17.7 Å². The number of hydrogen-bond acceptors (Lipinski definition) is 14. The lowest BCUT2D eigenvalue weighted by Crippen LogP contribution is -2.42. The van der Waals surface area contributed by atoms with Crippen LogP contribution in [-0.2, 0) is 38.7 Å². The molecular formula is C47H59ClF2N10O8S2. The highest BCUT2D eigenvalue weighted by Gasteiger charge is 2.42. The van der Waals surface area contributed by atoms with Crippen molar-refractivity contribution in [3.05, 3.63) is 82.9 Å². The van der Waals surface area contributed by atoms with Crippen LogP contribution in [0.4, 0.5) is 31.0 Å². The van der Waals surface area contributed by atoms with Crippen molar-refractivity contribution in [1.82, 2.24) is 35.8 Å². The van der Waals surface area contributed by atoms with Crippen LogP contribution in [0.25, 0.3) is 0 Å². The van der Waals surface area contributed by atoms with Gasteiger partial charge in [-0.2, -0.15) is 4.39 Å². The Morgan fingerprint density at radius 1 is 0.914 bits per heavy atom. The Morgan fingerprint density at radius 2 is 1.64 bits per heavy atom. The Morgan fingerprint density at radius 3 is 2.34 bits per heavy atom. The van der Waals surface area contributed by atoms with Crippen molar-refractivity contribution < 1.29 is 45.9 Å². The highest BCUT2D eigenvalue weighted by Crippen LogP contribution is 2.37. The van der Waals surface area contributed by atoms with E-state index in [0.717, 1.165) is 54.7 Å². The summed E-state index contributed by atoms with van der Waals surface area (Å²) in [6, 6.07) is 6.38. The van der Waals surface area contributed by atoms with E-state index in [1.807, 2.05) is 6.07 Å². The molecule has 5 N–H and O–H groups in total. The first-order valence-corrected chi connectivity index (χ1v) is 26.2. The molecule has 18 nitrogen and oxygen atoms in total. The number of pyridine rings is 2. The van der Waals surface area contributed by atoms with Gasteiger partial charge in [-0.05, 0) is 75.5 Å².